The van der Waals surface area contributed by atoms with Crippen molar-refractivity contribution in [2.75, 3.05) is 13.2 Å². The standard InChI is InChI=1S/C68H112O6/c1-4-7-10-13-16-19-22-24-25-26-27-28-29-30-31-32-33-34-35-36-37-38-39-40-41-42-43-45-46-49-52-55-58-61-67(70)73-64-65(63-72-66(69)60-57-54-51-48-21-18-15-12-9-6-3)74-68(71)62-59-56-53-50-47-44-23-20-17-14-11-8-5-2/h7,10-11,14,16,19-20,23-25,27-28,30-31,33-34,36-37,39-40,65H,4-6,8-9,12-13,15,17-18,21-22,26,29,32,35,38,41-64H2,1-3H3/b10-7-,14-11-,19-16-,23-20-,25-24-,28-27-,31-30-,34-33-,37-36-,40-39-. The van der Waals surface area contributed by atoms with E-state index in [0.717, 1.165) is 148 Å². The van der Waals surface area contributed by atoms with Gasteiger partial charge in [0.2, 0.25) is 0 Å². The number of rotatable bonds is 54. The van der Waals surface area contributed by atoms with E-state index in [1.165, 1.54) is 83.5 Å². The highest BCUT2D eigenvalue weighted by Crippen LogP contribution is 2.15. The van der Waals surface area contributed by atoms with Crippen LogP contribution >= 0.6 is 0 Å². The molecule has 74 heavy (non-hydrogen) atoms. The van der Waals surface area contributed by atoms with Crippen LogP contribution in [0.1, 0.15) is 271 Å². The Morgan fingerprint density at radius 1 is 0.284 bits per heavy atom. The van der Waals surface area contributed by atoms with Crippen LogP contribution in [0.5, 0.6) is 0 Å². The number of carbonyl (C=O) groups is 3. The van der Waals surface area contributed by atoms with Gasteiger partial charge in [0, 0.05) is 19.3 Å². The molecule has 0 spiro atoms. The van der Waals surface area contributed by atoms with Gasteiger partial charge in [-0.15, -0.1) is 0 Å². The molecule has 6 heteroatoms. The van der Waals surface area contributed by atoms with Crippen molar-refractivity contribution in [1.29, 1.82) is 0 Å². The maximum absolute atomic E-state index is 12.8. The Labute approximate surface area is 456 Å². The van der Waals surface area contributed by atoms with Gasteiger partial charge in [0.05, 0.1) is 0 Å². The third-order valence-corrected chi connectivity index (χ3v) is 12.7. The average Bonchev–Trinajstić information content (AvgIpc) is 3.40. The number of allylic oxidation sites excluding steroid dienone is 20. The molecular formula is C68H112O6. The van der Waals surface area contributed by atoms with E-state index in [9.17, 15) is 14.4 Å². The highest BCUT2D eigenvalue weighted by molar-refractivity contribution is 5.71. The zero-order chi connectivity index (χ0) is 53.6. The fourth-order valence-corrected chi connectivity index (χ4v) is 8.14. The molecule has 0 N–H and O–H groups in total. The fourth-order valence-electron chi connectivity index (χ4n) is 8.14. The van der Waals surface area contributed by atoms with Crippen molar-refractivity contribution in [2.24, 2.45) is 0 Å². The second-order valence-electron chi connectivity index (χ2n) is 19.9. The lowest BCUT2D eigenvalue weighted by atomic mass is 10.1. The van der Waals surface area contributed by atoms with Crippen molar-refractivity contribution < 1.29 is 28.6 Å². The lowest BCUT2D eigenvalue weighted by Gasteiger charge is -2.18. The zero-order valence-electron chi connectivity index (χ0n) is 48.1. The molecule has 420 valence electrons. The molecule has 0 fully saturated rings. The van der Waals surface area contributed by atoms with Crippen LogP contribution in [0.4, 0.5) is 0 Å². The van der Waals surface area contributed by atoms with Crippen LogP contribution in [-0.4, -0.2) is 37.2 Å². The van der Waals surface area contributed by atoms with Gasteiger partial charge in [-0.25, -0.2) is 0 Å². The summed E-state index contributed by atoms with van der Waals surface area (Å²) in [4.78, 5) is 38.1. The second-order valence-corrected chi connectivity index (χ2v) is 19.9. The molecule has 0 aliphatic rings. The predicted octanol–water partition coefficient (Wildman–Crippen LogP) is 20.8. The molecule has 0 saturated carbocycles. The van der Waals surface area contributed by atoms with Gasteiger partial charge >= 0.3 is 17.9 Å². The predicted molar refractivity (Wildman–Crippen MR) is 320 cm³/mol. The van der Waals surface area contributed by atoms with E-state index in [1.807, 2.05) is 0 Å². The second kappa shape index (κ2) is 61.4. The molecule has 0 aromatic heterocycles. The van der Waals surface area contributed by atoms with E-state index in [2.05, 4.69) is 142 Å². The van der Waals surface area contributed by atoms with E-state index >= 15 is 0 Å². The first-order valence-corrected chi connectivity index (χ1v) is 30.5. The number of hydrogen-bond donors (Lipinski definition) is 0. The van der Waals surface area contributed by atoms with E-state index in [0.29, 0.717) is 19.3 Å². The maximum Gasteiger partial charge on any atom is 0.306 e. The molecule has 0 rings (SSSR count). The molecular weight excluding hydrogens is 913 g/mol. The van der Waals surface area contributed by atoms with Gasteiger partial charge < -0.3 is 14.2 Å². The maximum atomic E-state index is 12.8. The number of carbonyl (C=O) groups excluding carboxylic acids is 3. The van der Waals surface area contributed by atoms with E-state index in [4.69, 9.17) is 14.2 Å². The Kier molecular flexibility index (Phi) is 57.9. The van der Waals surface area contributed by atoms with Crippen LogP contribution in [0.2, 0.25) is 0 Å². The summed E-state index contributed by atoms with van der Waals surface area (Å²) in [6.07, 6.45) is 84.9. The Morgan fingerprint density at radius 2 is 0.554 bits per heavy atom. The van der Waals surface area contributed by atoms with E-state index in [1.54, 1.807) is 0 Å². The monoisotopic (exact) mass is 1020 g/mol. The molecule has 1 unspecified atom stereocenters. The lowest BCUT2D eigenvalue weighted by molar-refractivity contribution is -0.167. The SMILES string of the molecule is CC/C=C\C/C=C\C/C=C\C/C=C\C/C=C\C/C=C\C/C=C\C/C=C\CCCCCCCCCCC(=O)OCC(COC(=O)CCCCCCCCCCCC)OC(=O)CCCCCCC/C=C\C/C=C\CCC. The summed E-state index contributed by atoms with van der Waals surface area (Å²) < 4.78 is 16.8. The highest BCUT2D eigenvalue weighted by atomic mass is 16.6. The Morgan fingerprint density at radius 3 is 0.878 bits per heavy atom. The van der Waals surface area contributed by atoms with Crippen molar-refractivity contribution in [3.63, 3.8) is 0 Å². The molecule has 6 nitrogen and oxygen atoms in total. The van der Waals surface area contributed by atoms with Gasteiger partial charge in [0.1, 0.15) is 13.2 Å². The quantitative estimate of drug-likeness (QED) is 0.0261. The minimum absolute atomic E-state index is 0.0858. The Balaban J connectivity index is 4.20. The summed E-state index contributed by atoms with van der Waals surface area (Å²) in [5.41, 5.74) is 0. The lowest BCUT2D eigenvalue weighted by Crippen LogP contribution is -2.30. The first kappa shape index (κ1) is 69.8. The summed E-state index contributed by atoms with van der Waals surface area (Å²) in [5, 5.41) is 0. The molecule has 0 heterocycles. The molecule has 0 amide bonds. The summed E-state index contributed by atoms with van der Waals surface area (Å²) in [5.74, 6) is -0.910. The largest absolute Gasteiger partial charge is 0.462 e. The Bertz CT molecular complexity index is 1550. The van der Waals surface area contributed by atoms with Crippen LogP contribution in [-0.2, 0) is 28.6 Å². The van der Waals surface area contributed by atoms with Crippen LogP contribution in [0.25, 0.3) is 0 Å². The molecule has 1 atom stereocenters. The fraction of sp³-hybridized carbons (Fsp3) is 0.662. The van der Waals surface area contributed by atoms with Crippen LogP contribution in [0.15, 0.2) is 122 Å². The Hall–Kier alpha value is -4.19. The van der Waals surface area contributed by atoms with Gasteiger partial charge in [-0.1, -0.05) is 264 Å². The smallest absolute Gasteiger partial charge is 0.306 e. The number of hydrogen-bond acceptors (Lipinski definition) is 6. The topological polar surface area (TPSA) is 78.9 Å². The van der Waals surface area contributed by atoms with Gasteiger partial charge in [-0.05, 0) is 109 Å². The molecule has 0 aromatic rings. The summed E-state index contributed by atoms with van der Waals surface area (Å²) >= 11 is 0. The summed E-state index contributed by atoms with van der Waals surface area (Å²) in [6.45, 7) is 6.43. The van der Waals surface area contributed by atoms with Crippen molar-refractivity contribution in [3.8, 4) is 0 Å². The van der Waals surface area contributed by atoms with Gasteiger partial charge in [-0.3, -0.25) is 14.4 Å². The summed E-state index contributed by atoms with van der Waals surface area (Å²) in [7, 11) is 0. The molecule has 0 radical (unpaired) electrons. The third-order valence-electron chi connectivity index (χ3n) is 12.7. The molecule has 0 aliphatic carbocycles. The minimum atomic E-state index is -0.788. The average molecular weight is 1030 g/mol. The molecule has 0 bridgehead atoms. The van der Waals surface area contributed by atoms with E-state index < -0.39 is 6.10 Å². The highest BCUT2D eigenvalue weighted by Gasteiger charge is 2.19. The summed E-state index contributed by atoms with van der Waals surface area (Å²) in [6, 6.07) is 0. The van der Waals surface area contributed by atoms with Crippen molar-refractivity contribution in [1.82, 2.24) is 0 Å². The number of unbranched alkanes of at least 4 members (excludes halogenated alkanes) is 23. The molecule has 0 aromatic carbocycles. The van der Waals surface area contributed by atoms with Gasteiger partial charge in [0.25, 0.3) is 0 Å². The van der Waals surface area contributed by atoms with Crippen LogP contribution < -0.4 is 0 Å². The zero-order valence-corrected chi connectivity index (χ0v) is 48.1. The number of esters is 3. The van der Waals surface area contributed by atoms with Crippen molar-refractivity contribution >= 4 is 17.9 Å². The van der Waals surface area contributed by atoms with Crippen LogP contribution in [0.3, 0.4) is 0 Å². The van der Waals surface area contributed by atoms with Gasteiger partial charge in [-0.2, -0.15) is 0 Å². The molecule has 0 aliphatic heterocycles. The van der Waals surface area contributed by atoms with Crippen molar-refractivity contribution in [2.45, 2.75) is 277 Å². The first-order chi connectivity index (χ1) is 36.5. The van der Waals surface area contributed by atoms with E-state index in [-0.39, 0.29) is 31.1 Å². The van der Waals surface area contributed by atoms with Gasteiger partial charge in [0.15, 0.2) is 6.10 Å². The van der Waals surface area contributed by atoms with Crippen molar-refractivity contribution in [3.05, 3.63) is 122 Å². The first-order valence-electron chi connectivity index (χ1n) is 30.5. The normalized spacial score (nSPS) is 13.0. The number of ether oxygens (including phenoxy) is 3. The van der Waals surface area contributed by atoms with Crippen LogP contribution in [0, 0.1) is 0 Å². The minimum Gasteiger partial charge on any atom is -0.462 e. The third kappa shape index (κ3) is 58.7. The molecule has 0 saturated heterocycles.